The number of benzene rings is 1. The van der Waals surface area contributed by atoms with Crippen molar-refractivity contribution in [3.63, 3.8) is 0 Å². The van der Waals surface area contributed by atoms with E-state index in [0.29, 0.717) is 6.54 Å². The molecule has 1 aliphatic rings. The third-order valence-electron chi connectivity index (χ3n) is 3.62. The molecule has 0 radical (unpaired) electrons. The van der Waals surface area contributed by atoms with Crippen molar-refractivity contribution in [2.24, 2.45) is 0 Å². The third kappa shape index (κ3) is 4.02. The molecule has 0 unspecified atom stereocenters. The van der Waals surface area contributed by atoms with Gasteiger partial charge in [-0.25, -0.2) is 9.18 Å². The van der Waals surface area contributed by atoms with Crippen molar-refractivity contribution in [3.05, 3.63) is 35.1 Å². The standard InChI is InChI=1S/C15H21FN2O2/c1-2-3-17-4-6-18(7-5-17)11-12-8-13(15(19)20)10-14(16)9-12/h8-10H,2-7,11H2,1H3,(H,19,20). The second kappa shape index (κ2) is 6.81. The van der Waals surface area contributed by atoms with E-state index in [1.807, 2.05) is 0 Å². The minimum atomic E-state index is -1.08. The number of rotatable bonds is 5. The summed E-state index contributed by atoms with van der Waals surface area (Å²) < 4.78 is 13.4. The Hall–Kier alpha value is -1.46. The molecule has 4 nitrogen and oxygen atoms in total. The molecule has 20 heavy (non-hydrogen) atoms. The highest BCUT2D eigenvalue weighted by Gasteiger charge is 2.17. The maximum atomic E-state index is 13.4. The first-order chi connectivity index (χ1) is 9.58. The van der Waals surface area contributed by atoms with Crippen LogP contribution in [0, 0.1) is 5.82 Å². The molecule has 0 saturated carbocycles. The summed E-state index contributed by atoms with van der Waals surface area (Å²) in [5.41, 5.74) is 0.746. The Labute approximate surface area is 118 Å². The Morgan fingerprint density at radius 3 is 2.45 bits per heavy atom. The Balaban J connectivity index is 1.96. The zero-order valence-corrected chi connectivity index (χ0v) is 11.8. The van der Waals surface area contributed by atoms with Crippen LogP contribution in [0.25, 0.3) is 0 Å². The van der Waals surface area contributed by atoms with Crippen LogP contribution in [-0.2, 0) is 6.54 Å². The highest BCUT2D eigenvalue weighted by Crippen LogP contribution is 2.13. The number of hydrogen-bond acceptors (Lipinski definition) is 3. The lowest BCUT2D eigenvalue weighted by Crippen LogP contribution is -2.46. The van der Waals surface area contributed by atoms with E-state index in [0.717, 1.165) is 50.8 Å². The van der Waals surface area contributed by atoms with Gasteiger partial charge in [0, 0.05) is 32.7 Å². The van der Waals surface area contributed by atoms with Gasteiger partial charge in [-0.3, -0.25) is 4.90 Å². The van der Waals surface area contributed by atoms with Gasteiger partial charge >= 0.3 is 5.97 Å². The quantitative estimate of drug-likeness (QED) is 0.896. The second-order valence-corrected chi connectivity index (χ2v) is 5.27. The predicted octanol–water partition coefficient (Wildman–Crippen LogP) is 2.05. The Morgan fingerprint density at radius 1 is 1.20 bits per heavy atom. The lowest BCUT2D eigenvalue weighted by molar-refractivity contribution is 0.0696. The molecule has 1 saturated heterocycles. The van der Waals surface area contributed by atoms with Gasteiger partial charge < -0.3 is 10.0 Å². The smallest absolute Gasteiger partial charge is 0.335 e. The average molecular weight is 280 g/mol. The average Bonchev–Trinajstić information content (AvgIpc) is 2.40. The molecule has 0 aliphatic carbocycles. The molecule has 1 aliphatic heterocycles. The topological polar surface area (TPSA) is 43.8 Å². The van der Waals surface area contributed by atoms with Crippen LogP contribution in [0.1, 0.15) is 29.3 Å². The monoisotopic (exact) mass is 280 g/mol. The number of hydrogen-bond donors (Lipinski definition) is 1. The van der Waals surface area contributed by atoms with E-state index in [4.69, 9.17) is 5.11 Å². The minimum absolute atomic E-state index is 0.0182. The van der Waals surface area contributed by atoms with Crippen LogP contribution in [0.2, 0.25) is 0 Å². The lowest BCUT2D eigenvalue weighted by atomic mass is 10.1. The van der Waals surface area contributed by atoms with Crippen LogP contribution in [-0.4, -0.2) is 53.6 Å². The van der Waals surface area contributed by atoms with Crippen LogP contribution in [0.15, 0.2) is 18.2 Å². The van der Waals surface area contributed by atoms with E-state index < -0.39 is 11.8 Å². The molecular weight excluding hydrogens is 259 g/mol. The van der Waals surface area contributed by atoms with Gasteiger partial charge in [0.25, 0.3) is 0 Å². The van der Waals surface area contributed by atoms with E-state index in [1.165, 1.54) is 6.07 Å². The van der Waals surface area contributed by atoms with E-state index in [2.05, 4.69) is 16.7 Å². The van der Waals surface area contributed by atoms with Crippen LogP contribution < -0.4 is 0 Å². The van der Waals surface area contributed by atoms with Gasteiger partial charge in [-0.2, -0.15) is 0 Å². The first-order valence-corrected chi connectivity index (χ1v) is 7.06. The fourth-order valence-corrected chi connectivity index (χ4v) is 2.61. The first-order valence-electron chi connectivity index (χ1n) is 7.06. The molecule has 1 aromatic carbocycles. The fourth-order valence-electron chi connectivity index (χ4n) is 2.61. The van der Waals surface area contributed by atoms with E-state index >= 15 is 0 Å². The van der Waals surface area contributed by atoms with Crippen LogP contribution >= 0.6 is 0 Å². The van der Waals surface area contributed by atoms with E-state index in [-0.39, 0.29) is 5.56 Å². The van der Waals surface area contributed by atoms with Gasteiger partial charge in [0.1, 0.15) is 5.82 Å². The van der Waals surface area contributed by atoms with Crippen molar-refractivity contribution >= 4 is 5.97 Å². The van der Waals surface area contributed by atoms with Gasteiger partial charge in [0.15, 0.2) is 0 Å². The van der Waals surface area contributed by atoms with Gasteiger partial charge in [0.2, 0.25) is 0 Å². The second-order valence-electron chi connectivity index (χ2n) is 5.27. The SMILES string of the molecule is CCCN1CCN(Cc2cc(F)cc(C(=O)O)c2)CC1. The van der Waals surface area contributed by atoms with E-state index in [1.54, 1.807) is 6.07 Å². The van der Waals surface area contributed by atoms with Crippen molar-refractivity contribution in [2.45, 2.75) is 19.9 Å². The van der Waals surface area contributed by atoms with Gasteiger partial charge in [-0.15, -0.1) is 0 Å². The van der Waals surface area contributed by atoms with Crippen molar-refractivity contribution in [3.8, 4) is 0 Å². The first kappa shape index (κ1) is 14.9. The number of halogens is 1. The third-order valence-corrected chi connectivity index (χ3v) is 3.62. The van der Waals surface area contributed by atoms with Gasteiger partial charge in [0.05, 0.1) is 5.56 Å². The van der Waals surface area contributed by atoms with Gasteiger partial charge in [-0.05, 0) is 36.7 Å². The highest BCUT2D eigenvalue weighted by atomic mass is 19.1. The summed E-state index contributed by atoms with van der Waals surface area (Å²) in [6.45, 7) is 7.84. The molecular formula is C15H21FN2O2. The largest absolute Gasteiger partial charge is 0.478 e. The zero-order chi connectivity index (χ0) is 14.5. The summed E-state index contributed by atoms with van der Waals surface area (Å²) in [6, 6.07) is 4.04. The molecule has 0 atom stereocenters. The maximum Gasteiger partial charge on any atom is 0.335 e. The normalized spacial score (nSPS) is 17.3. The lowest BCUT2D eigenvalue weighted by Gasteiger charge is -2.34. The molecule has 1 aromatic rings. The molecule has 5 heteroatoms. The molecule has 0 aromatic heterocycles. The zero-order valence-electron chi connectivity index (χ0n) is 11.8. The Morgan fingerprint density at radius 2 is 1.85 bits per heavy atom. The number of carboxylic acid groups (broad SMARTS) is 1. The van der Waals surface area contributed by atoms with Crippen molar-refractivity contribution in [1.29, 1.82) is 0 Å². The van der Waals surface area contributed by atoms with Crippen molar-refractivity contribution in [1.82, 2.24) is 9.80 Å². The summed E-state index contributed by atoms with van der Waals surface area (Å²) in [5.74, 6) is -1.57. The predicted molar refractivity (Wildman–Crippen MR) is 75.4 cm³/mol. The number of aromatic carboxylic acids is 1. The number of carboxylic acids is 1. The molecule has 0 bridgehead atoms. The summed E-state index contributed by atoms with van der Waals surface area (Å²) in [6.07, 6.45) is 1.16. The Kier molecular flexibility index (Phi) is 5.09. The number of nitrogens with zero attached hydrogens (tertiary/aromatic N) is 2. The van der Waals surface area contributed by atoms with Gasteiger partial charge in [-0.1, -0.05) is 6.92 Å². The number of piperazine rings is 1. The van der Waals surface area contributed by atoms with Crippen LogP contribution in [0.5, 0.6) is 0 Å². The maximum absolute atomic E-state index is 13.4. The van der Waals surface area contributed by atoms with Crippen molar-refractivity contribution in [2.75, 3.05) is 32.7 Å². The molecule has 1 N–H and O–H groups in total. The molecule has 0 amide bonds. The van der Waals surface area contributed by atoms with Crippen LogP contribution in [0.4, 0.5) is 4.39 Å². The molecule has 0 spiro atoms. The van der Waals surface area contributed by atoms with Crippen molar-refractivity contribution < 1.29 is 14.3 Å². The summed E-state index contributed by atoms with van der Waals surface area (Å²) in [4.78, 5) is 15.6. The molecule has 1 fully saturated rings. The highest BCUT2D eigenvalue weighted by molar-refractivity contribution is 5.87. The Bertz CT molecular complexity index is 471. The van der Waals surface area contributed by atoms with Crippen LogP contribution in [0.3, 0.4) is 0 Å². The minimum Gasteiger partial charge on any atom is -0.478 e. The summed E-state index contributed by atoms with van der Waals surface area (Å²) in [5, 5.41) is 8.95. The number of carbonyl (C=O) groups is 1. The molecule has 1 heterocycles. The molecule has 2 rings (SSSR count). The molecule has 110 valence electrons. The summed E-state index contributed by atoms with van der Waals surface area (Å²) >= 11 is 0. The van der Waals surface area contributed by atoms with E-state index in [9.17, 15) is 9.18 Å². The fraction of sp³-hybridized carbons (Fsp3) is 0.533. The summed E-state index contributed by atoms with van der Waals surface area (Å²) in [7, 11) is 0.